The Balaban J connectivity index is 2.00. The molecule has 2 atom stereocenters. The highest BCUT2D eigenvalue weighted by Gasteiger charge is 2.57. The molecule has 124 valence electrons. The van der Waals surface area contributed by atoms with E-state index in [9.17, 15) is 14.7 Å². The van der Waals surface area contributed by atoms with Crippen molar-refractivity contribution in [2.75, 3.05) is 24.5 Å². The number of anilines is 1. The van der Waals surface area contributed by atoms with Crippen molar-refractivity contribution in [1.82, 2.24) is 3.11 Å². The highest BCUT2D eigenvalue weighted by Crippen LogP contribution is 2.42. The smallest absolute Gasteiger partial charge is 0.336 e. The molecule has 1 amide bonds. The molecule has 7 heteroatoms. The Morgan fingerprint density at radius 1 is 1.39 bits per heavy atom. The van der Waals surface area contributed by atoms with E-state index >= 15 is 4.39 Å². The molecular weight excluding hydrogens is 414 g/mol. The normalized spacial score (nSPS) is 28.1. The van der Waals surface area contributed by atoms with Crippen molar-refractivity contribution in [2.24, 2.45) is 5.92 Å². The number of carboxylic acids is 1. The van der Waals surface area contributed by atoms with Crippen LogP contribution in [0.5, 0.6) is 0 Å². The molecule has 2 heterocycles. The second-order valence-corrected chi connectivity index (χ2v) is 7.70. The molecule has 2 saturated heterocycles. The van der Waals surface area contributed by atoms with Gasteiger partial charge < -0.3 is 10.0 Å². The standard InChI is InChI=1S/C16H18FIN2O3/c1-9-5-12(6-13(10(9)2)14(21)22)20-8-11-7-19(18)4-3-16(11,17)15(20)23/h5-6,11H,3-4,7-8H2,1-2H3,(H,21,22)/t11-,16+/m0/s1. The molecule has 1 aromatic carbocycles. The summed E-state index contributed by atoms with van der Waals surface area (Å²) in [6.45, 7) is 4.89. The predicted molar refractivity (Wildman–Crippen MR) is 92.8 cm³/mol. The number of piperidine rings is 1. The summed E-state index contributed by atoms with van der Waals surface area (Å²) in [4.78, 5) is 25.4. The molecule has 0 aromatic heterocycles. The van der Waals surface area contributed by atoms with Crippen LogP contribution in [0.3, 0.4) is 0 Å². The molecule has 0 aliphatic carbocycles. The summed E-state index contributed by atoms with van der Waals surface area (Å²) < 4.78 is 17.2. The maximum absolute atomic E-state index is 15.2. The van der Waals surface area contributed by atoms with Gasteiger partial charge in [-0.3, -0.25) is 4.79 Å². The Morgan fingerprint density at radius 3 is 2.74 bits per heavy atom. The highest BCUT2D eigenvalue weighted by molar-refractivity contribution is 14.1. The van der Waals surface area contributed by atoms with Crippen LogP contribution in [-0.2, 0) is 4.79 Å². The van der Waals surface area contributed by atoms with Crippen LogP contribution in [0.4, 0.5) is 10.1 Å². The zero-order chi connectivity index (χ0) is 16.9. The molecule has 5 nitrogen and oxygen atoms in total. The SMILES string of the molecule is Cc1cc(N2C[C@@H]3CN(I)CC[C@]3(F)C2=O)cc(C(=O)O)c1C. The fourth-order valence-electron chi connectivity index (χ4n) is 3.42. The lowest BCUT2D eigenvalue weighted by Crippen LogP contribution is -2.48. The summed E-state index contributed by atoms with van der Waals surface area (Å²) in [6.07, 6.45) is 0.187. The lowest BCUT2D eigenvalue weighted by atomic mass is 9.86. The Hall–Kier alpha value is -1.22. The summed E-state index contributed by atoms with van der Waals surface area (Å²) >= 11 is 2.15. The van der Waals surface area contributed by atoms with Crippen molar-refractivity contribution in [3.05, 3.63) is 28.8 Å². The van der Waals surface area contributed by atoms with Crippen LogP contribution in [-0.4, -0.2) is 45.4 Å². The van der Waals surface area contributed by atoms with Crippen molar-refractivity contribution >= 4 is 40.4 Å². The van der Waals surface area contributed by atoms with Gasteiger partial charge in [0.1, 0.15) is 0 Å². The number of nitrogens with zero attached hydrogens (tertiary/aromatic N) is 2. The number of aromatic carboxylic acids is 1. The monoisotopic (exact) mass is 432 g/mol. The fourth-order valence-corrected chi connectivity index (χ4v) is 4.13. The van der Waals surface area contributed by atoms with Crippen LogP contribution in [0.1, 0.15) is 27.9 Å². The molecule has 0 saturated carbocycles. The third kappa shape index (κ3) is 2.63. The summed E-state index contributed by atoms with van der Waals surface area (Å²) in [5.41, 5.74) is 0.252. The van der Waals surface area contributed by atoms with E-state index < -0.39 is 17.5 Å². The van der Waals surface area contributed by atoms with Crippen LogP contribution in [0.2, 0.25) is 0 Å². The van der Waals surface area contributed by atoms with Gasteiger partial charge in [-0.15, -0.1) is 0 Å². The Bertz CT molecular complexity index is 696. The first-order chi connectivity index (χ1) is 10.7. The fraction of sp³-hybridized carbons (Fsp3) is 0.500. The maximum atomic E-state index is 15.2. The minimum absolute atomic E-state index is 0.158. The molecule has 3 rings (SSSR count). The summed E-state index contributed by atoms with van der Waals surface area (Å²) in [6, 6.07) is 3.24. The van der Waals surface area contributed by atoms with Crippen LogP contribution in [0.25, 0.3) is 0 Å². The quantitative estimate of drug-likeness (QED) is 0.577. The first-order valence-corrected chi connectivity index (χ1v) is 8.46. The van der Waals surface area contributed by atoms with Gasteiger partial charge in [0.05, 0.1) is 5.56 Å². The number of carbonyl (C=O) groups is 2. The number of hydrogen-bond donors (Lipinski definition) is 1. The van der Waals surface area contributed by atoms with Crippen LogP contribution < -0.4 is 4.90 Å². The van der Waals surface area contributed by atoms with E-state index in [2.05, 4.69) is 22.9 Å². The average molecular weight is 432 g/mol. The van der Waals surface area contributed by atoms with E-state index in [-0.39, 0.29) is 24.4 Å². The van der Waals surface area contributed by atoms with Gasteiger partial charge in [-0.2, -0.15) is 0 Å². The van der Waals surface area contributed by atoms with E-state index in [1.807, 2.05) is 3.11 Å². The molecule has 0 radical (unpaired) electrons. The largest absolute Gasteiger partial charge is 0.478 e. The van der Waals surface area contributed by atoms with Crippen molar-refractivity contribution in [1.29, 1.82) is 0 Å². The number of hydrogen-bond acceptors (Lipinski definition) is 3. The molecule has 23 heavy (non-hydrogen) atoms. The number of halogens is 2. The average Bonchev–Trinajstić information content (AvgIpc) is 2.74. The molecule has 2 aliphatic heterocycles. The Morgan fingerprint density at radius 2 is 2.09 bits per heavy atom. The van der Waals surface area contributed by atoms with Crippen molar-refractivity contribution in [3.63, 3.8) is 0 Å². The van der Waals surface area contributed by atoms with Crippen LogP contribution in [0, 0.1) is 19.8 Å². The molecule has 1 N–H and O–H groups in total. The van der Waals surface area contributed by atoms with E-state index in [1.165, 1.54) is 11.0 Å². The number of carbonyl (C=O) groups excluding carboxylic acids is 1. The lowest BCUT2D eigenvalue weighted by Gasteiger charge is -2.33. The minimum atomic E-state index is -1.83. The topological polar surface area (TPSA) is 60.9 Å². The molecule has 2 fully saturated rings. The second-order valence-electron chi connectivity index (χ2n) is 6.33. The molecule has 0 bridgehead atoms. The maximum Gasteiger partial charge on any atom is 0.336 e. The first kappa shape index (κ1) is 16.6. The summed E-state index contributed by atoms with van der Waals surface area (Å²) in [5.74, 6) is -1.95. The Labute approximate surface area is 147 Å². The molecule has 1 aromatic rings. The molecule has 0 unspecified atom stereocenters. The van der Waals surface area contributed by atoms with Crippen LogP contribution in [0.15, 0.2) is 12.1 Å². The number of benzene rings is 1. The highest BCUT2D eigenvalue weighted by atomic mass is 127. The minimum Gasteiger partial charge on any atom is -0.478 e. The van der Waals surface area contributed by atoms with Crippen molar-refractivity contribution in [2.45, 2.75) is 25.9 Å². The number of rotatable bonds is 2. The number of fused-ring (bicyclic) bond motifs is 1. The molecule has 0 spiro atoms. The zero-order valence-electron chi connectivity index (χ0n) is 13.0. The van der Waals surface area contributed by atoms with Crippen molar-refractivity contribution in [3.8, 4) is 0 Å². The summed E-state index contributed by atoms with van der Waals surface area (Å²) in [7, 11) is 0. The summed E-state index contributed by atoms with van der Waals surface area (Å²) in [5, 5.41) is 9.33. The van der Waals surface area contributed by atoms with Crippen LogP contribution >= 0.6 is 22.9 Å². The van der Waals surface area contributed by atoms with Gasteiger partial charge >= 0.3 is 5.97 Å². The van der Waals surface area contributed by atoms with E-state index in [1.54, 1.807) is 19.9 Å². The first-order valence-electron chi connectivity index (χ1n) is 7.50. The van der Waals surface area contributed by atoms with Gasteiger partial charge in [-0.25, -0.2) is 12.3 Å². The zero-order valence-corrected chi connectivity index (χ0v) is 15.1. The third-order valence-electron chi connectivity index (χ3n) is 4.98. The number of aryl methyl sites for hydroxylation is 1. The van der Waals surface area contributed by atoms with E-state index in [0.29, 0.717) is 24.3 Å². The number of amides is 1. The van der Waals surface area contributed by atoms with Gasteiger partial charge in [0, 0.05) is 60.5 Å². The number of alkyl halides is 1. The van der Waals surface area contributed by atoms with E-state index in [4.69, 9.17) is 0 Å². The Kier molecular flexibility index (Phi) is 4.12. The van der Waals surface area contributed by atoms with Gasteiger partial charge in [-0.1, -0.05) is 0 Å². The van der Waals surface area contributed by atoms with Gasteiger partial charge in [0.2, 0.25) is 0 Å². The van der Waals surface area contributed by atoms with Gasteiger partial charge in [-0.05, 0) is 37.1 Å². The van der Waals surface area contributed by atoms with Gasteiger partial charge in [0.15, 0.2) is 5.67 Å². The molecule has 2 aliphatic rings. The third-order valence-corrected chi connectivity index (χ3v) is 5.86. The second kappa shape index (κ2) is 5.70. The van der Waals surface area contributed by atoms with Gasteiger partial charge in [0.25, 0.3) is 5.91 Å². The predicted octanol–water partition coefficient (Wildman–Crippen LogP) is 2.73. The number of carboxylic acid groups (broad SMARTS) is 1. The molecular formula is C16H18FIN2O3. The lowest BCUT2D eigenvalue weighted by molar-refractivity contribution is -0.130. The van der Waals surface area contributed by atoms with Crippen molar-refractivity contribution < 1.29 is 19.1 Å². The van der Waals surface area contributed by atoms with E-state index in [0.717, 1.165) is 5.56 Å².